The fourth-order valence-electron chi connectivity index (χ4n) is 1.92. The Morgan fingerprint density at radius 2 is 1.88 bits per heavy atom. The third kappa shape index (κ3) is 3.20. The Hall–Kier alpha value is -1.10. The van der Waals surface area contributed by atoms with E-state index in [9.17, 15) is 9.59 Å². The predicted octanol–water partition coefficient (Wildman–Crippen LogP) is -0.148. The van der Waals surface area contributed by atoms with Crippen molar-refractivity contribution in [2.24, 2.45) is 5.73 Å². The lowest BCUT2D eigenvalue weighted by atomic mass is 9.98. The van der Waals surface area contributed by atoms with Crippen molar-refractivity contribution in [1.29, 1.82) is 0 Å². The van der Waals surface area contributed by atoms with Crippen molar-refractivity contribution in [3.05, 3.63) is 0 Å². The van der Waals surface area contributed by atoms with E-state index in [0.717, 1.165) is 25.7 Å². The van der Waals surface area contributed by atoms with Gasteiger partial charge in [0.2, 0.25) is 11.8 Å². The van der Waals surface area contributed by atoms with E-state index >= 15 is 0 Å². The first-order chi connectivity index (χ1) is 7.46. The lowest BCUT2D eigenvalue weighted by molar-refractivity contribution is -0.129. The molecular formula is C11H21N3O2. The van der Waals surface area contributed by atoms with Gasteiger partial charge in [0.1, 0.15) is 0 Å². The summed E-state index contributed by atoms with van der Waals surface area (Å²) in [6, 6.07) is 0. The molecule has 0 aromatic carbocycles. The third-order valence-electron chi connectivity index (χ3n) is 3.07. The maximum Gasteiger partial charge on any atom is 0.240 e. The summed E-state index contributed by atoms with van der Waals surface area (Å²) in [4.78, 5) is 24.5. The summed E-state index contributed by atoms with van der Waals surface area (Å²) in [6.07, 6.45) is 3.86. The molecule has 5 heteroatoms. The number of hydrogen-bond acceptors (Lipinski definition) is 3. The fraction of sp³-hybridized carbons (Fsp3) is 0.818. The Morgan fingerprint density at radius 1 is 1.31 bits per heavy atom. The van der Waals surface area contributed by atoms with Crippen LogP contribution in [0.4, 0.5) is 0 Å². The molecule has 1 aliphatic rings. The summed E-state index contributed by atoms with van der Waals surface area (Å²) in [6.45, 7) is 0.370. The van der Waals surface area contributed by atoms with E-state index < -0.39 is 5.54 Å². The summed E-state index contributed by atoms with van der Waals surface area (Å²) >= 11 is 0. The van der Waals surface area contributed by atoms with Crippen molar-refractivity contribution in [3.8, 4) is 0 Å². The van der Waals surface area contributed by atoms with Gasteiger partial charge in [0, 0.05) is 27.1 Å². The lowest BCUT2D eigenvalue weighted by Crippen LogP contribution is -2.52. The van der Waals surface area contributed by atoms with Crippen molar-refractivity contribution in [3.63, 3.8) is 0 Å². The first kappa shape index (κ1) is 13.0. The molecule has 92 valence electrons. The second-order valence-electron chi connectivity index (χ2n) is 4.66. The number of nitrogens with zero attached hydrogens (tertiary/aromatic N) is 1. The van der Waals surface area contributed by atoms with Crippen LogP contribution in [0.2, 0.25) is 0 Å². The molecule has 0 heterocycles. The van der Waals surface area contributed by atoms with Gasteiger partial charge >= 0.3 is 0 Å². The number of rotatable bonds is 4. The maximum atomic E-state index is 11.8. The van der Waals surface area contributed by atoms with Crippen LogP contribution in [0.3, 0.4) is 0 Å². The van der Waals surface area contributed by atoms with Crippen LogP contribution in [0.15, 0.2) is 0 Å². The molecule has 0 atom stereocenters. The van der Waals surface area contributed by atoms with Crippen molar-refractivity contribution < 1.29 is 9.59 Å². The summed E-state index contributed by atoms with van der Waals surface area (Å²) in [5, 5.41) is 2.74. The van der Waals surface area contributed by atoms with Crippen LogP contribution in [-0.4, -0.2) is 42.9 Å². The third-order valence-corrected chi connectivity index (χ3v) is 3.07. The number of nitrogens with two attached hydrogens (primary N) is 1. The SMILES string of the molecule is CN(C)C(=O)CCNC(=O)C1(N)CCCC1. The van der Waals surface area contributed by atoms with Crippen molar-refractivity contribution in [1.82, 2.24) is 10.2 Å². The molecule has 0 unspecified atom stereocenters. The van der Waals surface area contributed by atoms with Gasteiger partial charge in [-0.3, -0.25) is 9.59 Å². The molecule has 1 fully saturated rings. The number of nitrogens with one attached hydrogen (secondary N) is 1. The molecule has 0 aliphatic heterocycles. The normalized spacial score (nSPS) is 18.2. The van der Waals surface area contributed by atoms with Gasteiger partial charge in [-0.15, -0.1) is 0 Å². The van der Waals surface area contributed by atoms with Crippen molar-refractivity contribution in [2.45, 2.75) is 37.6 Å². The van der Waals surface area contributed by atoms with E-state index in [0.29, 0.717) is 13.0 Å². The standard InChI is InChI=1S/C11H21N3O2/c1-14(2)9(15)5-8-13-10(16)11(12)6-3-4-7-11/h3-8,12H2,1-2H3,(H,13,16). The van der Waals surface area contributed by atoms with Crippen LogP contribution in [-0.2, 0) is 9.59 Å². The Kier molecular flexibility index (Phi) is 4.29. The van der Waals surface area contributed by atoms with Crippen LogP contribution in [0, 0.1) is 0 Å². The maximum absolute atomic E-state index is 11.8. The Bertz CT molecular complexity index is 270. The van der Waals surface area contributed by atoms with Gasteiger partial charge in [-0.1, -0.05) is 12.8 Å². The highest BCUT2D eigenvalue weighted by Crippen LogP contribution is 2.27. The Labute approximate surface area is 96.4 Å². The van der Waals surface area contributed by atoms with Gasteiger partial charge in [-0.05, 0) is 12.8 Å². The summed E-state index contributed by atoms with van der Waals surface area (Å²) in [5.41, 5.74) is 5.28. The topological polar surface area (TPSA) is 75.4 Å². The van der Waals surface area contributed by atoms with E-state index in [4.69, 9.17) is 5.73 Å². The van der Waals surface area contributed by atoms with Gasteiger partial charge in [-0.25, -0.2) is 0 Å². The average Bonchev–Trinajstić information content (AvgIpc) is 2.66. The quantitative estimate of drug-likeness (QED) is 0.701. The van der Waals surface area contributed by atoms with Crippen LogP contribution < -0.4 is 11.1 Å². The minimum atomic E-state index is -0.693. The van der Waals surface area contributed by atoms with E-state index in [2.05, 4.69) is 5.32 Å². The molecule has 5 nitrogen and oxygen atoms in total. The Balaban J connectivity index is 2.28. The second-order valence-corrected chi connectivity index (χ2v) is 4.66. The zero-order valence-electron chi connectivity index (χ0n) is 10.1. The van der Waals surface area contributed by atoms with Crippen molar-refractivity contribution in [2.75, 3.05) is 20.6 Å². The summed E-state index contributed by atoms with van der Waals surface area (Å²) < 4.78 is 0. The molecule has 0 bridgehead atoms. The minimum Gasteiger partial charge on any atom is -0.354 e. The fourth-order valence-corrected chi connectivity index (χ4v) is 1.92. The predicted molar refractivity (Wildman–Crippen MR) is 61.7 cm³/mol. The molecule has 0 aromatic heterocycles. The van der Waals surface area contributed by atoms with E-state index in [-0.39, 0.29) is 11.8 Å². The van der Waals surface area contributed by atoms with E-state index in [1.165, 1.54) is 4.90 Å². The van der Waals surface area contributed by atoms with Gasteiger partial charge in [0.15, 0.2) is 0 Å². The molecule has 0 saturated heterocycles. The highest BCUT2D eigenvalue weighted by Gasteiger charge is 2.36. The highest BCUT2D eigenvalue weighted by atomic mass is 16.2. The largest absolute Gasteiger partial charge is 0.354 e. The molecule has 2 amide bonds. The first-order valence-electron chi connectivity index (χ1n) is 5.73. The lowest BCUT2D eigenvalue weighted by Gasteiger charge is -2.22. The zero-order valence-corrected chi connectivity index (χ0v) is 10.1. The number of carbonyl (C=O) groups is 2. The Morgan fingerprint density at radius 3 is 2.38 bits per heavy atom. The highest BCUT2D eigenvalue weighted by molar-refractivity contribution is 5.86. The van der Waals surface area contributed by atoms with Crippen molar-refractivity contribution >= 4 is 11.8 Å². The molecule has 0 aromatic rings. The van der Waals surface area contributed by atoms with Gasteiger partial charge in [-0.2, -0.15) is 0 Å². The monoisotopic (exact) mass is 227 g/mol. The first-order valence-corrected chi connectivity index (χ1v) is 5.73. The molecule has 1 saturated carbocycles. The second kappa shape index (κ2) is 5.30. The molecule has 16 heavy (non-hydrogen) atoms. The molecule has 1 rings (SSSR count). The average molecular weight is 227 g/mol. The smallest absolute Gasteiger partial charge is 0.240 e. The molecule has 0 radical (unpaired) electrons. The van der Waals surface area contributed by atoms with Crippen LogP contribution in [0.25, 0.3) is 0 Å². The van der Waals surface area contributed by atoms with Crippen LogP contribution >= 0.6 is 0 Å². The van der Waals surface area contributed by atoms with Gasteiger partial charge in [0.25, 0.3) is 0 Å². The molecule has 3 N–H and O–H groups in total. The zero-order chi connectivity index (χ0) is 12.2. The summed E-state index contributed by atoms with van der Waals surface area (Å²) in [5.74, 6) is -0.102. The number of carbonyl (C=O) groups excluding carboxylic acids is 2. The van der Waals surface area contributed by atoms with Crippen LogP contribution in [0.1, 0.15) is 32.1 Å². The summed E-state index contributed by atoms with van der Waals surface area (Å²) in [7, 11) is 3.40. The number of hydrogen-bond donors (Lipinski definition) is 2. The van der Waals surface area contributed by atoms with E-state index in [1.54, 1.807) is 14.1 Å². The minimum absolute atomic E-state index is 0.0118. The number of amides is 2. The van der Waals surface area contributed by atoms with E-state index in [1.807, 2.05) is 0 Å². The van der Waals surface area contributed by atoms with Crippen LogP contribution in [0.5, 0.6) is 0 Å². The molecule has 0 spiro atoms. The molecule has 1 aliphatic carbocycles. The molecular weight excluding hydrogens is 206 g/mol. The van der Waals surface area contributed by atoms with Gasteiger partial charge < -0.3 is 16.0 Å². The van der Waals surface area contributed by atoms with Gasteiger partial charge in [0.05, 0.1) is 5.54 Å².